The molecular formula is C9H18N4O3. The van der Waals surface area contributed by atoms with E-state index in [2.05, 4.69) is 5.10 Å². The third-order valence-electron chi connectivity index (χ3n) is 1.35. The molecule has 0 fully saturated rings. The lowest BCUT2D eigenvalue weighted by Crippen LogP contribution is -2.40. The second kappa shape index (κ2) is 6.06. The SMILES string of the molecule is CC(C)(C)OC(=NNC(N)=O)[C@@H](N)CC=O. The fraction of sp³-hybridized carbons (Fsp3) is 0.667. The van der Waals surface area contributed by atoms with Crippen LogP contribution in [0.1, 0.15) is 27.2 Å². The number of hydrazone groups is 1. The predicted molar refractivity (Wildman–Crippen MR) is 59.6 cm³/mol. The number of nitrogens with one attached hydrogen (secondary N) is 1. The Morgan fingerprint density at radius 1 is 1.56 bits per heavy atom. The number of hydrogen-bond donors (Lipinski definition) is 3. The summed E-state index contributed by atoms with van der Waals surface area (Å²) in [4.78, 5) is 20.8. The fourth-order valence-electron chi connectivity index (χ4n) is 0.810. The number of rotatable bonds is 4. The fourth-order valence-corrected chi connectivity index (χ4v) is 0.810. The first-order valence-corrected chi connectivity index (χ1v) is 4.77. The van der Waals surface area contributed by atoms with Gasteiger partial charge in [-0.15, -0.1) is 5.10 Å². The van der Waals surface area contributed by atoms with E-state index < -0.39 is 17.7 Å². The molecule has 0 saturated carbocycles. The van der Waals surface area contributed by atoms with E-state index in [0.717, 1.165) is 0 Å². The summed E-state index contributed by atoms with van der Waals surface area (Å²) in [6.07, 6.45) is 0.700. The minimum atomic E-state index is -0.826. The van der Waals surface area contributed by atoms with E-state index in [0.29, 0.717) is 6.29 Å². The maximum atomic E-state index is 10.5. The van der Waals surface area contributed by atoms with Gasteiger partial charge in [0.2, 0.25) is 5.90 Å². The molecule has 0 unspecified atom stereocenters. The molecule has 5 N–H and O–H groups in total. The minimum Gasteiger partial charge on any atom is -0.473 e. The van der Waals surface area contributed by atoms with Crippen LogP contribution in [0.5, 0.6) is 0 Å². The van der Waals surface area contributed by atoms with Gasteiger partial charge >= 0.3 is 6.03 Å². The second-order valence-electron chi connectivity index (χ2n) is 4.15. The standard InChI is InChI=1S/C9H18N4O3/c1-9(2,3)16-7(6(10)4-5-14)12-13-8(11)15/h5-6H,4,10H2,1-3H3,(H3,11,13,15)/t6-/m0/s1. The summed E-state index contributed by atoms with van der Waals surface area (Å²) in [5.41, 5.74) is 12.0. The molecule has 0 rings (SSSR count). The highest BCUT2D eigenvalue weighted by Gasteiger charge is 2.20. The highest BCUT2D eigenvalue weighted by molar-refractivity contribution is 5.85. The molecule has 0 aromatic carbocycles. The maximum absolute atomic E-state index is 10.5. The highest BCUT2D eigenvalue weighted by Crippen LogP contribution is 2.09. The maximum Gasteiger partial charge on any atom is 0.332 e. The molecular weight excluding hydrogens is 212 g/mol. The summed E-state index contributed by atoms with van der Waals surface area (Å²) < 4.78 is 5.40. The molecule has 7 nitrogen and oxygen atoms in total. The molecule has 0 radical (unpaired) electrons. The molecule has 16 heavy (non-hydrogen) atoms. The van der Waals surface area contributed by atoms with Crippen LogP contribution in [-0.2, 0) is 9.53 Å². The Bertz CT molecular complexity index is 283. The van der Waals surface area contributed by atoms with Gasteiger partial charge in [0.1, 0.15) is 11.9 Å². The number of nitrogens with zero attached hydrogens (tertiary/aromatic N) is 1. The van der Waals surface area contributed by atoms with Crippen molar-refractivity contribution in [3.05, 3.63) is 0 Å². The van der Waals surface area contributed by atoms with Crippen molar-refractivity contribution in [3.8, 4) is 0 Å². The van der Waals surface area contributed by atoms with Gasteiger partial charge in [-0.3, -0.25) is 0 Å². The van der Waals surface area contributed by atoms with E-state index in [1.807, 2.05) is 5.43 Å². The lowest BCUT2D eigenvalue weighted by molar-refractivity contribution is -0.108. The van der Waals surface area contributed by atoms with Crippen LogP contribution < -0.4 is 16.9 Å². The number of carbonyl (C=O) groups is 2. The summed E-state index contributed by atoms with van der Waals surface area (Å²) in [6.45, 7) is 5.38. The van der Waals surface area contributed by atoms with Gasteiger partial charge in [0, 0.05) is 6.42 Å². The van der Waals surface area contributed by atoms with Crippen LogP contribution in [0, 0.1) is 0 Å². The topological polar surface area (TPSA) is 120 Å². The third-order valence-corrected chi connectivity index (χ3v) is 1.35. The molecule has 0 aliphatic heterocycles. The summed E-state index contributed by atoms with van der Waals surface area (Å²) in [6, 6.07) is -1.53. The van der Waals surface area contributed by atoms with Crippen molar-refractivity contribution in [1.29, 1.82) is 0 Å². The van der Waals surface area contributed by atoms with Crippen molar-refractivity contribution in [1.82, 2.24) is 5.43 Å². The number of aldehydes is 1. The monoisotopic (exact) mass is 230 g/mol. The normalized spacial score (nSPS) is 14.1. The van der Waals surface area contributed by atoms with Gasteiger partial charge in [0.25, 0.3) is 0 Å². The van der Waals surface area contributed by atoms with Gasteiger partial charge in [-0.1, -0.05) is 0 Å². The molecule has 0 aliphatic rings. The van der Waals surface area contributed by atoms with E-state index in [1.165, 1.54) is 0 Å². The number of primary amides is 1. The number of urea groups is 1. The van der Waals surface area contributed by atoms with E-state index in [4.69, 9.17) is 16.2 Å². The van der Waals surface area contributed by atoms with Crippen molar-refractivity contribution in [3.63, 3.8) is 0 Å². The van der Waals surface area contributed by atoms with Gasteiger partial charge in [-0.25, -0.2) is 10.2 Å². The van der Waals surface area contributed by atoms with E-state index in [1.54, 1.807) is 20.8 Å². The van der Waals surface area contributed by atoms with Gasteiger partial charge in [-0.2, -0.15) is 0 Å². The molecule has 2 amide bonds. The number of amides is 2. The predicted octanol–water partition coefficient (Wildman–Crippen LogP) is -0.300. The molecule has 0 heterocycles. The Morgan fingerprint density at radius 3 is 2.50 bits per heavy atom. The van der Waals surface area contributed by atoms with Crippen molar-refractivity contribution >= 4 is 18.2 Å². The summed E-state index contributed by atoms with van der Waals surface area (Å²) in [7, 11) is 0. The summed E-state index contributed by atoms with van der Waals surface area (Å²) >= 11 is 0. The zero-order valence-corrected chi connectivity index (χ0v) is 9.69. The molecule has 0 saturated heterocycles. The summed E-state index contributed by atoms with van der Waals surface area (Å²) in [5.74, 6) is 0.0680. The first kappa shape index (κ1) is 14.4. The Kier molecular flexibility index (Phi) is 5.44. The van der Waals surface area contributed by atoms with Gasteiger partial charge in [0.15, 0.2) is 0 Å². The first-order valence-electron chi connectivity index (χ1n) is 4.77. The van der Waals surface area contributed by atoms with Gasteiger partial charge in [0.05, 0.1) is 6.04 Å². The van der Waals surface area contributed by atoms with Crippen LogP contribution in [0.2, 0.25) is 0 Å². The zero-order chi connectivity index (χ0) is 12.8. The largest absolute Gasteiger partial charge is 0.473 e. The molecule has 7 heteroatoms. The minimum absolute atomic E-state index is 0.0509. The van der Waals surface area contributed by atoms with E-state index >= 15 is 0 Å². The Balaban J connectivity index is 4.68. The lowest BCUT2D eigenvalue weighted by atomic mass is 10.1. The van der Waals surface area contributed by atoms with Crippen molar-refractivity contribution < 1.29 is 14.3 Å². The van der Waals surface area contributed by atoms with Gasteiger partial charge in [-0.05, 0) is 20.8 Å². The molecule has 92 valence electrons. The van der Waals surface area contributed by atoms with Crippen molar-refractivity contribution in [2.75, 3.05) is 0 Å². The third kappa shape index (κ3) is 6.77. The first-order chi connectivity index (χ1) is 7.26. The van der Waals surface area contributed by atoms with E-state index in [-0.39, 0.29) is 12.3 Å². The molecule has 0 aromatic heterocycles. The smallest absolute Gasteiger partial charge is 0.332 e. The zero-order valence-electron chi connectivity index (χ0n) is 9.69. The van der Waals surface area contributed by atoms with Crippen molar-refractivity contribution in [2.24, 2.45) is 16.6 Å². The average molecular weight is 230 g/mol. The van der Waals surface area contributed by atoms with E-state index in [9.17, 15) is 9.59 Å². The molecule has 0 bridgehead atoms. The molecule has 0 aliphatic carbocycles. The Morgan fingerprint density at radius 2 is 2.12 bits per heavy atom. The van der Waals surface area contributed by atoms with Crippen molar-refractivity contribution in [2.45, 2.75) is 38.8 Å². The Hall–Kier alpha value is -1.63. The number of carbonyl (C=O) groups excluding carboxylic acids is 2. The van der Waals surface area contributed by atoms with Crippen LogP contribution in [0.4, 0.5) is 4.79 Å². The average Bonchev–Trinajstić information content (AvgIpc) is 2.10. The molecule has 0 spiro atoms. The summed E-state index contributed by atoms with van der Waals surface area (Å²) in [5, 5.41) is 3.61. The molecule has 1 atom stereocenters. The van der Waals surface area contributed by atoms with Crippen LogP contribution in [-0.4, -0.2) is 29.9 Å². The number of ether oxygens (including phenoxy) is 1. The lowest BCUT2D eigenvalue weighted by Gasteiger charge is -2.24. The quantitative estimate of drug-likeness (QED) is 0.266. The number of hydrogen-bond acceptors (Lipinski definition) is 5. The number of nitrogens with two attached hydrogens (primary N) is 2. The Labute approximate surface area is 94.2 Å². The van der Waals surface area contributed by atoms with Crippen LogP contribution >= 0.6 is 0 Å². The highest BCUT2D eigenvalue weighted by atomic mass is 16.5. The van der Waals surface area contributed by atoms with Crippen LogP contribution in [0.15, 0.2) is 5.10 Å². The van der Waals surface area contributed by atoms with Crippen LogP contribution in [0.3, 0.4) is 0 Å². The molecule has 0 aromatic rings. The van der Waals surface area contributed by atoms with Gasteiger partial charge < -0.3 is 21.0 Å². The van der Waals surface area contributed by atoms with Crippen LogP contribution in [0.25, 0.3) is 0 Å². The second-order valence-corrected chi connectivity index (χ2v) is 4.15.